The summed E-state index contributed by atoms with van der Waals surface area (Å²) in [4.78, 5) is 1.16. The lowest BCUT2D eigenvalue weighted by Gasteiger charge is -2.05. The van der Waals surface area contributed by atoms with Crippen molar-refractivity contribution in [3.8, 4) is 33.1 Å². The molecule has 0 fully saturated rings. The SMILES string of the molecule is Oc1ccc(-c2ccsc2-c2ccc(O)cc2)cc1. The number of benzene rings is 2. The van der Waals surface area contributed by atoms with Crippen molar-refractivity contribution >= 4 is 11.3 Å². The Bertz CT molecular complexity index is 622. The molecule has 0 amide bonds. The van der Waals surface area contributed by atoms with Gasteiger partial charge in [-0.3, -0.25) is 0 Å². The highest BCUT2D eigenvalue weighted by molar-refractivity contribution is 7.14. The van der Waals surface area contributed by atoms with Gasteiger partial charge in [0, 0.05) is 10.4 Å². The average molecular weight is 268 g/mol. The van der Waals surface area contributed by atoms with E-state index in [-0.39, 0.29) is 11.5 Å². The van der Waals surface area contributed by atoms with Gasteiger partial charge in [0.1, 0.15) is 11.5 Å². The zero-order valence-corrected chi connectivity index (χ0v) is 10.9. The Morgan fingerprint density at radius 2 is 1.16 bits per heavy atom. The van der Waals surface area contributed by atoms with E-state index in [0.29, 0.717) is 0 Å². The molecule has 2 N–H and O–H groups in total. The van der Waals surface area contributed by atoms with E-state index < -0.39 is 0 Å². The van der Waals surface area contributed by atoms with E-state index in [1.54, 1.807) is 35.6 Å². The largest absolute Gasteiger partial charge is 0.508 e. The molecule has 3 aromatic rings. The normalized spacial score (nSPS) is 10.5. The smallest absolute Gasteiger partial charge is 0.115 e. The van der Waals surface area contributed by atoms with Crippen LogP contribution in [0.1, 0.15) is 0 Å². The number of hydrogen-bond donors (Lipinski definition) is 2. The maximum atomic E-state index is 9.35. The summed E-state index contributed by atoms with van der Waals surface area (Å²) in [7, 11) is 0. The summed E-state index contributed by atoms with van der Waals surface area (Å²) in [6.07, 6.45) is 0. The predicted octanol–water partition coefficient (Wildman–Crippen LogP) is 4.49. The summed E-state index contributed by atoms with van der Waals surface area (Å²) in [5.41, 5.74) is 3.29. The first-order valence-electron chi connectivity index (χ1n) is 5.90. The van der Waals surface area contributed by atoms with Crippen LogP contribution in [0.5, 0.6) is 11.5 Å². The van der Waals surface area contributed by atoms with E-state index in [0.717, 1.165) is 21.6 Å². The van der Waals surface area contributed by atoms with Crippen LogP contribution in [0.15, 0.2) is 60.0 Å². The molecule has 3 heteroatoms. The molecule has 0 spiro atoms. The number of hydrogen-bond acceptors (Lipinski definition) is 3. The van der Waals surface area contributed by atoms with E-state index in [1.165, 1.54) is 0 Å². The van der Waals surface area contributed by atoms with Gasteiger partial charge in [-0.25, -0.2) is 0 Å². The molecule has 0 bridgehead atoms. The lowest BCUT2D eigenvalue weighted by Crippen LogP contribution is -1.78. The molecule has 2 aromatic carbocycles. The van der Waals surface area contributed by atoms with Gasteiger partial charge in [-0.15, -0.1) is 11.3 Å². The Kier molecular flexibility index (Phi) is 2.97. The Morgan fingerprint density at radius 1 is 0.632 bits per heavy atom. The first kappa shape index (κ1) is 11.8. The fourth-order valence-corrected chi connectivity index (χ4v) is 2.94. The summed E-state index contributed by atoms with van der Waals surface area (Å²) in [6.45, 7) is 0. The summed E-state index contributed by atoms with van der Waals surface area (Å²) < 4.78 is 0. The fourth-order valence-electron chi connectivity index (χ4n) is 2.01. The molecule has 0 radical (unpaired) electrons. The molecule has 0 atom stereocenters. The van der Waals surface area contributed by atoms with Crippen molar-refractivity contribution in [1.29, 1.82) is 0 Å². The zero-order chi connectivity index (χ0) is 13.2. The minimum Gasteiger partial charge on any atom is -0.508 e. The van der Waals surface area contributed by atoms with Crippen LogP contribution in [-0.2, 0) is 0 Å². The first-order chi connectivity index (χ1) is 9.24. The third kappa shape index (κ3) is 2.33. The van der Waals surface area contributed by atoms with Gasteiger partial charge in [-0.2, -0.15) is 0 Å². The van der Waals surface area contributed by atoms with Gasteiger partial charge in [-0.1, -0.05) is 12.1 Å². The van der Waals surface area contributed by atoms with Crippen LogP contribution in [0, 0.1) is 0 Å². The molecule has 19 heavy (non-hydrogen) atoms. The van der Waals surface area contributed by atoms with E-state index in [2.05, 4.69) is 6.07 Å². The third-order valence-corrected chi connectivity index (χ3v) is 3.94. The maximum Gasteiger partial charge on any atom is 0.115 e. The Balaban J connectivity index is 2.07. The van der Waals surface area contributed by atoms with Crippen molar-refractivity contribution in [2.24, 2.45) is 0 Å². The molecule has 0 saturated carbocycles. The summed E-state index contributed by atoms with van der Waals surface area (Å²) >= 11 is 1.66. The standard InChI is InChI=1S/C16H12O2S/c17-13-5-1-11(2-6-13)15-9-10-19-16(15)12-3-7-14(18)8-4-12/h1-10,17-18H. The summed E-state index contributed by atoms with van der Waals surface area (Å²) in [5, 5.41) is 20.7. The lowest BCUT2D eigenvalue weighted by molar-refractivity contribution is 0.475. The highest BCUT2D eigenvalue weighted by atomic mass is 32.1. The molecule has 0 unspecified atom stereocenters. The molecule has 0 aliphatic rings. The number of rotatable bonds is 2. The fraction of sp³-hybridized carbons (Fsp3) is 0. The Hall–Kier alpha value is -2.26. The molecule has 2 nitrogen and oxygen atoms in total. The highest BCUT2D eigenvalue weighted by Crippen LogP contribution is 2.37. The average Bonchev–Trinajstić information content (AvgIpc) is 2.90. The van der Waals surface area contributed by atoms with Crippen LogP contribution in [0.2, 0.25) is 0 Å². The molecule has 3 rings (SSSR count). The van der Waals surface area contributed by atoms with Crippen LogP contribution >= 0.6 is 11.3 Å². The first-order valence-corrected chi connectivity index (χ1v) is 6.78. The quantitative estimate of drug-likeness (QED) is 0.718. The molecule has 1 heterocycles. The number of phenolic OH excluding ortho intramolecular Hbond substituents is 2. The van der Waals surface area contributed by atoms with Crippen molar-refractivity contribution in [2.75, 3.05) is 0 Å². The topological polar surface area (TPSA) is 40.5 Å². The van der Waals surface area contributed by atoms with Crippen molar-refractivity contribution in [2.45, 2.75) is 0 Å². The second-order valence-electron chi connectivity index (χ2n) is 4.26. The number of phenols is 2. The zero-order valence-electron chi connectivity index (χ0n) is 10.1. The summed E-state index contributed by atoms with van der Waals surface area (Å²) in [6, 6.07) is 16.4. The second-order valence-corrected chi connectivity index (χ2v) is 5.17. The van der Waals surface area contributed by atoms with Gasteiger partial charge >= 0.3 is 0 Å². The van der Waals surface area contributed by atoms with Gasteiger partial charge in [-0.05, 0) is 59.0 Å². The van der Waals surface area contributed by atoms with E-state index >= 15 is 0 Å². The second kappa shape index (κ2) is 4.78. The molecule has 0 aliphatic carbocycles. The molecular formula is C16H12O2S. The van der Waals surface area contributed by atoms with Crippen LogP contribution < -0.4 is 0 Å². The van der Waals surface area contributed by atoms with Gasteiger partial charge in [0.05, 0.1) is 0 Å². The molecule has 0 aliphatic heterocycles. The van der Waals surface area contributed by atoms with Crippen molar-refractivity contribution < 1.29 is 10.2 Å². The molecule has 0 saturated heterocycles. The number of aromatic hydroxyl groups is 2. The van der Waals surface area contributed by atoms with Crippen molar-refractivity contribution in [1.82, 2.24) is 0 Å². The van der Waals surface area contributed by atoms with E-state index in [1.807, 2.05) is 29.6 Å². The maximum absolute atomic E-state index is 9.35. The van der Waals surface area contributed by atoms with E-state index in [4.69, 9.17) is 0 Å². The lowest BCUT2D eigenvalue weighted by atomic mass is 10.0. The van der Waals surface area contributed by atoms with Crippen LogP contribution in [0.4, 0.5) is 0 Å². The van der Waals surface area contributed by atoms with Gasteiger partial charge in [0.2, 0.25) is 0 Å². The Morgan fingerprint density at radius 3 is 1.74 bits per heavy atom. The summed E-state index contributed by atoms with van der Waals surface area (Å²) in [5.74, 6) is 0.539. The van der Waals surface area contributed by atoms with Crippen molar-refractivity contribution in [3.63, 3.8) is 0 Å². The predicted molar refractivity (Wildman–Crippen MR) is 78.5 cm³/mol. The van der Waals surface area contributed by atoms with E-state index in [9.17, 15) is 10.2 Å². The van der Waals surface area contributed by atoms with Crippen LogP contribution in [0.25, 0.3) is 21.6 Å². The number of thiophene rings is 1. The molecular weight excluding hydrogens is 256 g/mol. The van der Waals surface area contributed by atoms with Gasteiger partial charge in [0.25, 0.3) is 0 Å². The molecule has 1 aromatic heterocycles. The third-order valence-electron chi connectivity index (χ3n) is 2.97. The van der Waals surface area contributed by atoms with Crippen molar-refractivity contribution in [3.05, 3.63) is 60.0 Å². The van der Waals surface area contributed by atoms with Gasteiger partial charge in [0.15, 0.2) is 0 Å². The minimum absolute atomic E-state index is 0.269. The monoisotopic (exact) mass is 268 g/mol. The highest BCUT2D eigenvalue weighted by Gasteiger charge is 2.09. The van der Waals surface area contributed by atoms with Crippen LogP contribution in [-0.4, -0.2) is 10.2 Å². The van der Waals surface area contributed by atoms with Crippen LogP contribution in [0.3, 0.4) is 0 Å². The Labute approximate surface area is 115 Å². The minimum atomic E-state index is 0.269. The van der Waals surface area contributed by atoms with Gasteiger partial charge < -0.3 is 10.2 Å². The molecule has 94 valence electrons.